The average Bonchev–Trinajstić information content (AvgIpc) is 3.21. The highest BCUT2D eigenvalue weighted by Gasteiger charge is 2.27. The molecule has 0 unspecified atom stereocenters. The fourth-order valence-electron chi connectivity index (χ4n) is 3.99. The number of hydrogen-bond acceptors (Lipinski definition) is 3. The van der Waals surface area contributed by atoms with Gasteiger partial charge in [0.1, 0.15) is 0 Å². The van der Waals surface area contributed by atoms with Crippen molar-refractivity contribution in [2.24, 2.45) is 0 Å². The van der Waals surface area contributed by atoms with Crippen LogP contribution in [0.5, 0.6) is 11.5 Å². The van der Waals surface area contributed by atoms with E-state index in [1.54, 1.807) is 0 Å². The van der Waals surface area contributed by atoms with Crippen LogP contribution >= 0.6 is 0 Å². The van der Waals surface area contributed by atoms with Crippen LogP contribution in [-0.4, -0.2) is 17.3 Å². The second-order valence-electron chi connectivity index (χ2n) is 6.86. The Kier molecular flexibility index (Phi) is 3.14. The van der Waals surface area contributed by atoms with E-state index in [2.05, 4.69) is 0 Å². The third-order valence-corrected chi connectivity index (χ3v) is 5.27. The zero-order valence-corrected chi connectivity index (χ0v) is 14.2. The lowest BCUT2D eigenvalue weighted by molar-refractivity contribution is 0.0961. The van der Waals surface area contributed by atoms with Crippen molar-refractivity contribution in [1.82, 2.24) is 4.57 Å². The highest BCUT2D eigenvalue weighted by Crippen LogP contribution is 2.41. The monoisotopic (exact) mass is 333 g/mol. The maximum Gasteiger partial charge on any atom is 0.262 e. The van der Waals surface area contributed by atoms with Crippen molar-refractivity contribution in [1.29, 1.82) is 0 Å². The Morgan fingerprint density at radius 2 is 1.72 bits per heavy atom. The Morgan fingerprint density at radius 3 is 2.52 bits per heavy atom. The summed E-state index contributed by atoms with van der Waals surface area (Å²) in [7, 11) is 0. The van der Waals surface area contributed by atoms with Crippen LogP contribution in [0.15, 0.2) is 36.4 Å². The molecule has 2 aromatic carbocycles. The van der Waals surface area contributed by atoms with Crippen molar-refractivity contribution < 1.29 is 14.3 Å². The van der Waals surface area contributed by atoms with Crippen molar-refractivity contribution in [2.75, 3.05) is 6.79 Å². The molecule has 2 aliphatic rings. The van der Waals surface area contributed by atoms with Crippen molar-refractivity contribution in [3.8, 4) is 11.5 Å². The van der Waals surface area contributed by atoms with Gasteiger partial charge in [0.2, 0.25) is 6.79 Å². The Bertz CT molecular complexity index is 998. The zero-order valence-electron chi connectivity index (χ0n) is 14.2. The predicted molar refractivity (Wildman–Crippen MR) is 95.6 cm³/mol. The van der Waals surface area contributed by atoms with Crippen molar-refractivity contribution in [3.05, 3.63) is 58.8 Å². The van der Waals surface area contributed by atoms with Gasteiger partial charge in [0.25, 0.3) is 5.91 Å². The van der Waals surface area contributed by atoms with Gasteiger partial charge in [0.15, 0.2) is 11.5 Å². The molecule has 25 heavy (non-hydrogen) atoms. The number of nitrogens with zero attached hydrogens (tertiary/aromatic N) is 1. The molecular weight excluding hydrogens is 314 g/mol. The highest BCUT2D eigenvalue weighted by atomic mass is 16.7. The van der Waals surface area contributed by atoms with Gasteiger partial charge in [-0.2, -0.15) is 0 Å². The molecule has 1 aromatic heterocycles. The summed E-state index contributed by atoms with van der Waals surface area (Å²) in [6.45, 7) is 2.28. The Morgan fingerprint density at radius 1 is 1.00 bits per heavy atom. The number of benzene rings is 2. The molecule has 0 saturated heterocycles. The summed E-state index contributed by atoms with van der Waals surface area (Å²) in [5.41, 5.74) is 5.24. The standard InChI is InChI=1S/C21H19NO3/c1-13-6-8-14(9-7-13)21(23)22-17-5-3-2-4-15(17)16-10-19-20(11-18(16)22)25-12-24-19/h6-11H,2-5,12H2,1H3. The van der Waals surface area contributed by atoms with Crippen LogP contribution in [0.25, 0.3) is 10.9 Å². The van der Waals surface area contributed by atoms with Gasteiger partial charge < -0.3 is 9.47 Å². The second-order valence-corrected chi connectivity index (χ2v) is 6.86. The summed E-state index contributed by atoms with van der Waals surface area (Å²) in [6, 6.07) is 11.8. The van der Waals surface area contributed by atoms with Crippen LogP contribution < -0.4 is 9.47 Å². The van der Waals surface area contributed by atoms with Gasteiger partial charge in [-0.3, -0.25) is 9.36 Å². The molecule has 126 valence electrons. The Balaban J connectivity index is 1.76. The summed E-state index contributed by atoms with van der Waals surface area (Å²) in [4.78, 5) is 13.3. The van der Waals surface area contributed by atoms with Gasteiger partial charge in [-0.25, -0.2) is 0 Å². The number of carbonyl (C=O) groups excluding carboxylic acids is 1. The van der Waals surface area contributed by atoms with E-state index in [9.17, 15) is 4.79 Å². The van der Waals surface area contributed by atoms with Gasteiger partial charge in [0.05, 0.1) is 5.52 Å². The largest absolute Gasteiger partial charge is 0.454 e. The fraction of sp³-hybridized carbons (Fsp3) is 0.286. The van der Waals surface area contributed by atoms with Crippen LogP contribution in [0.3, 0.4) is 0 Å². The van der Waals surface area contributed by atoms with Crippen molar-refractivity contribution >= 4 is 16.8 Å². The first-order chi connectivity index (χ1) is 12.2. The van der Waals surface area contributed by atoms with E-state index in [4.69, 9.17) is 9.47 Å². The molecule has 0 saturated carbocycles. The first-order valence-corrected chi connectivity index (χ1v) is 8.79. The molecule has 0 radical (unpaired) electrons. The lowest BCUT2D eigenvalue weighted by Crippen LogP contribution is -2.17. The molecule has 0 spiro atoms. The zero-order chi connectivity index (χ0) is 17.0. The maximum atomic E-state index is 13.3. The minimum atomic E-state index is 0.0343. The predicted octanol–water partition coefficient (Wildman–Crippen LogP) is 4.25. The van der Waals surface area contributed by atoms with Crippen LogP contribution in [0.2, 0.25) is 0 Å². The number of carbonyl (C=O) groups is 1. The summed E-state index contributed by atoms with van der Waals surface area (Å²) in [6.07, 6.45) is 4.24. The molecule has 5 rings (SSSR count). The second kappa shape index (κ2) is 5.38. The first-order valence-electron chi connectivity index (χ1n) is 8.79. The topological polar surface area (TPSA) is 40.5 Å². The molecule has 0 amide bonds. The summed E-state index contributed by atoms with van der Waals surface area (Å²) in [5.74, 6) is 1.54. The minimum absolute atomic E-state index is 0.0343. The number of hydrogen-bond donors (Lipinski definition) is 0. The van der Waals surface area contributed by atoms with Gasteiger partial charge in [-0.1, -0.05) is 17.7 Å². The van der Waals surface area contributed by atoms with Gasteiger partial charge in [-0.05, 0) is 56.4 Å². The maximum absolute atomic E-state index is 13.3. The van der Waals surface area contributed by atoms with E-state index >= 15 is 0 Å². The molecule has 0 N–H and O–H groups in total. The molecule has 1 aliphatic carbocycles. The average molecular weight is 333 g/mol. The van der Waals surface area contributed by atoms with Crippen LogP contribution in [0, 0.1) is 6.92 Å². The highest BCUT2D eigenvalue weighted by molar-refractivity contribution is 6.05. The smallest absolute Gasteiger partial charge is 0.262 e. The molecule has 0 fully saturated rings. The third kappa shape index (κ3) is 2.17. The van der Waals surface area contributed by atoms with E-state index in [0.717, 1.165) is 52.9 Å². The van der Waals surface area contributed by atoms with Crippen molar-refractivity contribution in [2.45, 2.75) is 32.6 Å². The van der Waals surface area contributed by atoms with Gasteiger partial charge in [-0.15, -0.1) is 0 Å². The lowest BCUT2D eigenvalue weighted by Gasteiger charge is -2.15. The van der Waals surface area contributed by atoms with E-state index in [1.807, 2.05) is 47.9 Å². The van der Waals surface area contributed by atoms with E-state index in [0.29, 0.717) is 5.56 Å². The van der Waals surface area contributed by atoms with Crippen LogP contribution in [-0.2, 0) is 12.8 Å². The molecule has 0 atom stereocenters. The Labute approximate surface area is 146 Å². The van der Waals surface area contributed by atoms with Crippen LogP contribution in [0.1, 0.15) is 40.0 Å². The SMILES string of the molecule is Cc1ccc(C(=O)n2c3c(c4cc5c(cc42)OCO5)CCCC3)cc1. The third-order valence-electron chi connectivity index (χ3n) is 5.27. The van der Waals surface area contributed by atoms with Crippen LogP contribution in [0.4, 0.5) is 0 Å². The molecule has 3 aromatic rings. The first kappa shape index (κ1) is 14.6. The number of aromatic nitrogens is 1. The number of rotatable bonds is 1. The molecule has 1 aliphatic heterocycles. The molecular formula is C21H19NO3. The lowest BCUT2D eigenvalue weighted by atomic mass is 9.95. The summed E-state index contributed by atoms with van der Waals surface area (Å²) in [5, 5.41) is 1.12. The summed E-state index contributed by atoms with van der Waals surface area (Å²) < 4.78 is 13.0. The fourth-order valence-corrected chi connectivity index (χ4v) is 3.99. The van der Waals surface area contributed by atoms with E-state index in [-0.39, 0.29) is 12.7 Å². The number of fused-ring (bicyclic) bond motifs is 4. The quantitative estimate of drug-likeness (QED) is 0.668. The molecule has 2 heterocycles. The van der Waals surface area contributed by atoms with Gasteiger partial charge in [0, 0.05) is 22.7 Å². The van der Waals surface area contributed by atoms with Gasteiger partial charge >= 0.3 is 0 Å². The molecule has 4 heteroatoms. The van der Waals surface area contributed by atoms with E-state index in [1.165, 1.54) is 12.0 Å². The normalized spacial score (nSPS) is 15.4. The molecule has 4 nitrogen and oxygen atoms in total. The number of aryl methyl sites for hydroxylation is 2. The number of ether oxygens (including phenoxy) is 2. The molecule has 0 bridgehead atoms. The van der Waals surface area contributed by atoms with E-state index < -0.39 is 0 Å². The van der Waals surface area contributed by atoms with Crippen molar-refractivity contribution in [3.63, 3.8) is 0 Å². The Hall–Kier alpha value is -2.75. The minimum Gasteiger partial charge on any atom is -0.454 e. The summed E-state index contributed by atoms with van der Waals surface area (Å²) >= 11 is 0.